The average molecular weight is 299 g/mol. The summed E-state index contributed by atoms with van der Waals surface area (Å²) in [5.74, 6) is -0.0387. The zero-order chi connectivity index (χ0) is 14.9. The first-order chi connectivity index (χ1) is 10.1. The van der Waals surface area contributed by atoms with Crippen molar-refractivity contribution < 1.29 is 4.79 Å². The third kappa shape index (κ3) is 2.61. The summed E-state index contributed by atoms with van der Waals surface area (Å²) in [5.41, 5.74) is 7.20. The summed E-state index contributed by atoms with van der Waals surface area (Å²) in [7, 11) is 0. The normalized spacial score (nSPS) is 15.6. The van der Waals surface area contributed by atoms with E-state index in [-0.39, 0.29) is 5.91 Å². The number of amides is 1. The van der Waals surface area contributed by atoms with Crippen LogP contribution >= 0.6 is 12.2 Å². The molecule has 0 saturated heterocycles. The second-order valence-corrected chi connectivity index (χ2v) is 5.88. The highest BCUT2D eigenvalue weighted by Gasteiger charge is 2.52. The fourth-order valence-electron chi connectivity index (χ4n) is 2.56. The van der Waals surface area contributed by atoms with Gasteiger partial charge in [-0.1, -0.05) is 36.5 Å². The third-order valence-corrected chi connectivity index (χ3v) is 4.44. The van der Waals surface area contributed by atoms with Gasteiger partial charge >= 0.3 is 0 Å². The molecular formula is C16H17N3OS. The number of nitrogens with one attached hydrogen (secondary N) is 1. The van der Waals surface area contributed by atoms with Crippen molar-refractivity contribution in [1.82, 2.24) is 10.3 Å². The first-order valence-corrected chi connectivity index (χ1v) is 7.45. The van der Waals surface area contributed by atoms with E-state index in [0.29, 0.717) is 11.5 Å². The van der Waals surface area contributed by atoms with Gasteiger partial charge < -0.3 is 11.1 Å². The molecule has 1 aliphatic carbocycles. The van der Waals surface area contributed by atoms with E-state index in [1.165, 1.54) is 0 Å². The lowest BCUT2D eigenvalue weighted by Crippen LogP contribution is -2.40. The van der Waals surface area contributed by atoms with E-state index in [0.717, 1.165) is 35.7 Å². The van der Waals surface area contributed by atoms with Crippen molar-refractivity contribution in [3.63, 3.8) is 0 Å². The number of rotatable bonds is 5. The van der Waals surface area contributed by atoms with Gasteiger partial charge in [0, 0.05) is 18.1 Å². The molecule has 4 nitrogen and oxygen atoms in total. The van der Waals surface area contributed by atoms with Crippen molar-refractivity contribution >= 4 is 34.0 Å². The maximum atomic E-state index is 12.1. The van der Waals surface area contributed by atoms with Gasteiger partial charge in [-0.2, -0.15) is 0 Å². The number of nitrogens with two attached hydrogens (primary N) is 1. The molecule has 1 heterocycles. The summed E-state index contributed by atoms with van der Waals surface area (Å²) in [6.45, 7) is 0.568. The number of carbonyl (C=O) groups is 1. The number of pyridine rings is 1. The van der Waals surface area contributed by atoms with Gasteiger partial charge in [-0.25, -0.2) is 0 Å². The molecule has 0 aliphatic heterocycles. The summed E-state index contributed by atoms with van der Waals surface area (Å²) in [6, 6.07) is 10.1. The Morgan fingerprint density at radius 2 is 2.10 bits per heavy atom. The van der Waals surface area contributed by atoms with E-state index < -0.39 is 5.41 Å². The summed E-state index contributed by atoms with van der Waals surface area (Å²) < 4.78 is 0. The Morgan fingerprint density at radius 3 is 2.81 bits per heavy atom. The quantitative estimate of drug-likeness (QED) is 0.828. The molecule has 1 aromatic heterocycles. The maximum Gasteiger partial charge on any atom is 0.233 e. The molecule has 0 unspecified atom stereocenters. The molecule has 3 rings (SSSR count). The number of carbonyl (C=O) groups excluding carboxylic acids is 1. The van der Waals surface area contributed by atoms with Crippen LogP contribution in [0.2, 0.25) is 0 Å². The topological polar surface area (TPSA) is 68.0 Å². The largest absolute Gasteiger partial charge is 0.392 e. The summed E-state index contributed by atoms with van der Waals surface area (Å²) in [6.07, 6.45) is 4.07. The minimum Gasteiger partial charge on any atom is -0.392 e. The Morgan fingerprint density at radius 1 is 1.33 bits per heavy atom. The molecule has 1 saturated carbocycles. The number of para-hydroxylation sites is 1. The highest BCUT2D eigenvalue weighted by atomic mass is 32.1. The fraction of sp³-hybridized carbons (Fsp3) is 0.312. The fourth-order valence-corrected chi connectivity index (χ4v) is 2.86. The lowest BCUT2D eigenvalue weighted by atomic mass is 10.1. The van der Waals surface area contributed by atoms with Gasteiger partial charge in [-0.05, 0) is 30.9 Å². The molecule has 1 amide bonds. The SMILES string of the molecule is NC(=S)C1(C(=O)NCCc2cccc3cccnc23)CC1. The van der Waals surface area contributed by atoms with Crippen molar-refractivity contribution in [2.45, 2.75) is 19.3 Å². The second kappa shape index (κ2) is 5.41. The minimum atomic E-state index is -0.577. The molecule has 108 valence electrons. The molecule has 5 heteroatoms. The molecule has 1 fully saturated rings. The zero-order valence-electron chi connectivity index (χ0n) is 11.6. The smallest absolute Gasteiger partial charge is 0.233 e. The molecule has 0 bridgehead atoms. The van der Waals surface area contributed by atoms with E-state index >= 15 is 0 Å². The lowest BCUT2D eigenvalue weighted by Gasteiger charge is -2.13. The van der Waals surface area contributed by atoms with Crippen LogP contribution in [0.15, 0.2) is 36.5 Å². The number of hydrogen-bond acceptors (Lipinski definition) is 3. The zero-order valence-corrected chi connectivity index (χ0v) is 12.5. The number of nitrogens with zero attached hydrogens (tertiary/aromatic N) is 1. The van der Waals surface area contributed by atoms with Crippen LogP contribution in [0.3, 0.4) is 0 Å². The van der Waals surface area contributed by atoms with Crippen LogP contribution in [-0.2, 0) is 11.2 Å². The summed E-state index contributed by atoms with van der Waals surface area (Å²) in [5, 5.41) is 4.06. The molecule has 0 radical (unpaired) electrons. The van der Waals surface area contributed by atoms with Crippen molar-refractivity contribution in [3.8, 4) is 0 Å². The van der Waals surface area contributed by atoms with Gasteiger partial charge in [-0.3, -0.25) is 9.78 Å². The van der Waals surface area contributed by atoms with Crippen LogP contribution in [0.5, 0.6) is 0 Å². The predicted octanol–water partition coefficient (Wildman–Crippen LogP) is 1.96. The van der Waals surface area contributed by atoms with Gasteiger partial charge in [0.2, 0.25) is 5.91 Å². The number of hydrogen-bond donors (Lipinski definition) is 2. The van der Waals surface area contributed by atoms with Crippen LogP contribution in [-0.4, -0.2) is 22.4 Å². The van der Waals surface area contributed by atoms with Gasteiger partial charge in [0.05, 0.1) is 15.9 Å². The predicted molar refractivity (Wildman–Crippen MR) is 86.9 cm³/mol. The van der Waals surface area contributed by atoms with E-state index in [1.54, 1.807) is 6.20 Å². The highest BCUT2D eigenvalue weighted by Crippen LogP contribution is 2.46. The first-order valence-electron chi connectivity index (χ1n) is 7.04. The minimum absolute atomic E-state index is 0.0387. The third-order valence-electron chi connectivity index (χ3n) is 4.05. The molecule has 21 heavy (non-hydrogen) atoms. The molecule has 0 atom stereocenters. The van der Waals surface area contributed by atoms with Gasteiger partial charge in [0.25, 0.3) is 0 Å². The maximum absolute atomic E-state index is 12.1. The number of thiocarbonyl (C=S) groups is 1. The average Bonchev–Trinajstić information content (AvgIpc) is 3.29. The monoisotopic (exact) mass is 299 g/mol. The van der Waals surface area contributed by atoms with Gasteiger partial charge in [0.15, 0.2) is 0 Å². The molecule has 1 aliphatic rings. The Bertz CT molecular complexity index is 704. The Labute approximate surface area is 128 Å². The number of aromatic nitrogens is 1. The van der Waals surface area contributed by atoms with Gasteiger partial charge in [0.1, 0.15) is 0 Å². The number of fused-ring (bicyclic) bond motifs is 1. The van der Waals surface area contributed by atoms with Crippen molar-refractivity contribution in [2.24, 2.45) is 11.1 Å². The highest BCUT2D eigenvalue weighted by molar-refractivity contribution is 7.80. The standard InChI is InChI=1S/C16H17N3OS/c17-14(21)16(7-8-16)15(20)19-10-6-12-4-1-3-11-5-2-9-18-13(11)12/h1-5,9H,6-8,10H2,(H2,17,21)(H,19,20). The van der Waals surface area contributed by atoms with Crippen molar-refractivity contribution in [2.75, 3.05) is 6.54 Å². The van der Waals surface area contributed by atoms with Crippen LogP contribution in [0.25, 0.3) is 10.9 Å². The van der Waals surface area contributed by atoms with E-state index in [2.05, 4.69) is 10.3 Å². The molecule has 0 spiro atoms. The van der Waals surface area contributed by atoms with Crippen molar-refractivity contribution in [3.05, 3.63) is 42.1 Å². The first kappa shape index (κ1) is 13.9. The molecule has 2 aromatic rings. The summed E-state index contributed by atoms with van der Waals surface area (Å²) >= 11 is 4.98. The molecule has 1 aromatic carbocycles. The number of benzene rings is 1. The Kier molecular flexibility index (Phi) is 3.59. The van der Waals surface area contributed by atoms with Crippen LogP contribution in [0.4, 0.5) is 0 Å². The van der Waals surface area contributed by atoms with Gasteiger partial charge in [-0.15, -0.1) is 0 Å². The van der Waals surface area contributed by atoms with Crippen LogP contribution in [0.1, 0.15) is 18.4 Å². The lowest BCUT2D eigenvalue weighted by molar-refractivity contribution is -0.123. The molecular weight excluding hydrogens is 282 g/mol. The summed E-state index contributed by atoms with van der Waals surface area (Å²) in [4.78, 5) is 16.9. The van der Waals surface area contributed by atoms with Crippen LogP contribution < -0.4 is 11.1 Å². The van der Waals surface area contributed by atoms with Crippen LogP contribution in [0, 0.1) is 5.41 Å². The van der Waals surface area contributed by atoms with E-state index in [4.69, 9.17) is 18.0 Å². The Hall–Kier alpha value is -2.01. The second-order valence-electron chi connectivity index (χ2n) is 5.44. The van der Waals surface area contributed by atoms with E-state index in [9.17, 15) is 4.79 Å². The van der Waals surface area contributed by atoms with E-state index in [1.807, 2.05) is 30.3 Å². The van der Waals surface area contributed by atoms with Crippen molar-refractivity contribution in [1.29, 1.82) is 0 Å². The molecule has 3 N–H and O–H groups in total. The Balaban J connectivity index is 1.65.